The Morgan fingerprint density at radius 1 is 0.862 bits per heavy atom. The van der Waals surface area contributed by atoms with Crippen molar-refractivity contribution < 1.29 is 33.2 Å². The second kappa shape index (κ2) is 7.22. The highest BCUT2D eigenvalue weighted by Gasteiger charge is 2.47. The van der Waals surface area contributed by atoms with Gasteiger partial charge in [0, 0.05) is 43.1 Å². The van der Waals surface area contributed by atoms with Crippen LogP contribution in [-0.4, -0.2) is 41.0 Å². The fourth-order valence-corrected chi connectivity index (χ4v) is 4.19. The summed E-state index contributed by atoms with van der Waals surface area (Å²) in [6, 6.07) is 7.72. The molecular weight excluding hydrogens is 376 g/mol. The summed E-state index contributed by atoms with van der Waals surface area (Å²) in [4.78, 5) is 0. The van der Waals surface area contributed by atoms with Crippen LogP contribution in [0.25, 0.3) is 0 Å². The molecule has 0 amide bonds. The summed E-state index contributed by atoms with van der Waals surface area (Å²) in [5.74, 6) is 2.83. The third kappa shape index (κ3) is 2.92. The van der Waals surface area contributed by atoms with Crippen molar-refractivity contribution in [3.8, 4) is 34.5 Å². The lowest BCUT2D eigenvalue weighted by Gasteiger charge is -2.44. The van der Waals surface area contributed by atoms with Crippen LogP contribution >= 0.6 is 0 Å². The SMILES string of the molecule is COc1ccc([C@H]2c3cc4c(cc3O[C@@](C)(OC)[C@H]2C)OCO4)c(OC)c1OC. The van der Waals surface area contributed by atoms with E-state index in [2.05, 4.69) is 6.92 Å². The van der Waals surface area contributed by atoms with Gasteiger partial charge in [-0.2, -0.15) is 0 Å². The van der Waals surface area contributed by atoms with E-state index in [1.54, 1.807) is 28.4 Å². The Morgan fingerprint density at radius 3 is 2.17 bits per heavy atom. The Hall–Kier alpha value is -2.80. The van der Waals surface area contributed by atoms with Crippen LogP contribution in [0.3, 0.4) is 0 Å². The predicted octanol–water partition coefficient (Wildman–Crippen LogP) is 3.96. The molecule has 0 bridgehead atoms. The maximum Gasteiger partial charge on any atom is 0.231 e. The van der Waals surface area contributed by atoms with Gasteiger partial charge in [0.2, 0.25) is 18.3 Å². The highest BCUT2D eigenvalue weighted by Crippen LogP contribution is 2.55. The largest absolute Gasteiger partial charge is 0.493 e. The number of fused-ring (bicyclic) bond motifs is 2. The molecule has 7 heteroatoms. The normalized spacial score (nSPS) is 24.5. The summed E-state index contributed by atoms with van der Waals surface area (Å²) < 4.78 is 40.1. The first kappa shape index (κ1) is 19.5. The van der Waals surface area contributed by atoms with Crippen LogP contribution in [0.5, 0.6) is 34.5 Å². The van der Waals surface area contributed by atoms with Gasteiger partial charge < -0.3 is 33.2 Å². The molecule has 2 aliphatic rings. The van der Waals surface area contributed by atoms with E-state index in [4.69, 9.17) is 33.2 Å². The van der Waals surface area contributed by atoms with Crippen LogP contribution in [0.4, 0.5) is 0 Å². The second-order valence-electron chi connectivity index (χ2n) is 7.26. The Morgan fingerprint density at radius 2 is 1.55 bits per heavy atom. The summed E-state index contributed by atoms with van der Waals surface area (Å²) in [5, 5.41) is 0. The molecule has 2 heterocycles. The van der Waals surface area contributed by atoms with Gasteiger partial charge in [0.25, 0.3) is 0 Å². The zero-order valence-electron chi connectivity index (χ0n) is 17.5. The third-order valence-electron chi connectivity index (χ3n) is 5.95. The molecule has 156 valence electrons. The average Bonchev–Trinajstić information content (AvgIpc) is 3.19. The number of hydrogen-bond donors (Lipinski definition) is 0. The fourth-order valence-electron chi connectivity index (χ4n) is 4.19. The van der Waals surface area contributed by atoms with Crippen LogP contribution in [0.2, 0.25) is 0 Å². The number of hydrogen-bond acceptors (Lipinski definition) is 7. The maximum absolute atomic E-state index is 6.28. The minimum Gasteiger partial charge on any atom is -0.493 e. The molecule has 2 aromatic carbocycles. The summed E-state index contributed by atoms with van der Waals surface area (Å²) in [6.07, 6.45) is 0. The lowest BCUT2D eigenvalue weighted by atomic mass is 9.75. The topological polar surface area (TPSA) is 64.6 Å². The molecule has 0 radical (unpaired) electrons. The van der Waals surface area contributed by atoms with Crippen LogP contribution < -0.4 is 28.4 Å². The van der Waals surface area contributed by atoms with Crippen molar-refractivity contribution in [1.29, 1.82) is 0 Å². The van der Waals surface area contributed by atoms with E-state index in [-0.39, 0.29) is 18.6 Å². The number of benzene rings is 2. The highest BCUT2D eigenvalue weighted by atomic mass is 16.7. The fraction of sp³-hybridized carbons (Fsp3) is 0.455. The molecule has 0 saturated heterocycles. The van der Waals surface area contributed by atoms with E-state index in [9.17, 15) is 0 Å². The van der Waals surface area contributed by atoms with Gasteiger partial charge in [-0.15, -0.1) is 0 Å². The lowest BCUT2D eigenvalue weighted by Crippen LogP contribution is -2.47. The summed E-state index contributed by atoms with van der Waals surface area (Å²) >= 11 is 0. The monoisotopic (exact) mass is 402 g/mol. The van der Waals surface area contributed by atoms with Crippen LogP contribution in [-0.2, 0) is 4.74 Å². The van der Waals surface area contributed by atoms with Gasteiger partial charge in [0.1, 0.15) is 5.75 Å². The second-order valence-corrected chi connectivity index (χ2v) is 7.26. The first-order valence-electron chi connectivity index (χ1n) is 9.44. The van der Waals surface area contributed by atoms with Gasteiger partial charge in [0.05, 0.1) is 21.3 Å². The van der Waals surface area contributed by atoms with Crippen LogP contribution in [0.1, 0.15) is 30.9 Å². The molecule has 0 unspecified atom stereocenters. The van der Waals surface area contributed by atoms with Gasteiger partial charge >= 0.3 is 0 Å². The highest BCUT2D eigenvalue weighted by molar-refractivity contribution is 5.62. The Balaban J connectivity index is 1.95. The van der Waals surface area contributed by atoms with Crippen molar-refractivity contribution in [2.75, 3.05) is 35.2 Å². The number of ether oxygens (including phenoxy) is 7. The van der Waals surface area contributed by atoms with Gasteiger partial charge in [0.15, 0.2) is 23.0 Å². The Kier molecular flexibility index (Phi) is 4.86. The Bertz CT molecular complexity index is 926. The van der Waals surface area contributed by atoms with Gasteiger partial charge in [-0.05, 0) is 12.1 Å². The smallest absolute Gasteiger partial charge is 0.231 e. The molecule has 0 saturated carbocycles. The molecule has 2 aliphatic heterocycles. The molecule has 7 nitrogen and oxygen atoms in total. The summed E-state index contributed by atoms with van der Waals surface area (Å²) in [7, 11) is 6.48. The molecule has 0 aliphatic carbocycles. The van der Waals surface area contributed by atoms with Crippen molar-refractivity contribution in [3.63, 3.8) is 0 Å². The quantitative estimate of drug-likeness (QED) is 0.750. The molecule has 0 N–H and O–H groups in total. The van der Waals surface area contributed by atoms with Gasteiger partial charge in [-0.3, -0.25) is 0 Å². The van der Waals surface area contributed by atoms with E-state index < -0.39 is 5.79 Å². The third-order valence-corrected chi connectivity index (χ3v) is 5.95. The van der Waals surface area contributed by atoms with Crippen LogP contribution in [0.15, 0.2) is 24.3 Å². The molecule has 0 aromatic heterocycles. The van der Waals surface area contributed by atoms with Crippen LogP contribution in [0, 0.1) is 5.92 Å². The van der Waals surface area contributed by atoms with Gasteiger partial charge in [-0.1, -0.05) is 13.0 Å². The standard InChI is InChI=1S/C22H26O7/c1-12-19(13-7-8-15(23-3)21(25-5)20(13)24-4)14-9-17-18(28-11-27-17)10-16(14)29-22(12,2)26-6/h7-10,12,19H,11H2,1-6H3/t12-,19-,22+/m0/s1. The summed E-state index contributed by atoms with van der Waals surface area (Å²) in [6.45, 7) is 4.23. The molecule has 0 fully saturated rings. The average molecular weight is 402 g/mol. The zero-order chi connectivity index (χ0) is 20.8. The molecule has 3 atom stereocenters. The molecule has 0 spiro atoms. The lowest BCUT2D eigenvalue weighted by molar-refractivity contribution is -0.194. The van der Waals surface area contributed by atoms with E-state index in [0.29, 0.717) is 34.5 Å². The van der Waals surface area contributed by atoms with Gasteiger partial charge in [-0.25, -0.2) is 0 Å². The van der Waals surface area contributed by atoms with Crippen molar-refractivity contribution in [3.05, 3.63) is 35.4 Å². The van der Waals surface area contributed by atoms with E-state index in [1.807, 2.05) is 31.2 Å². The maximum atomic E-state index is 6.28. The minimum atomic E-state index is -0.844. The van der Waals surface area contributed by atoms with Crippen molar-refractivity contribution >= 4 is 0 Å². The Labute approximate surface area is 170 Å². The zero-order valence-corrected chi connectivity index (χ0v) is 17.5. The first-order valence-corrected chi connectivity index (χ1v) is 9.44. The first-order chi connectivity index (χ1) is 14.0. The van der Waals surface area contributed by atoms with Crippen molar-refractivity contribution in [2.45, 2.75) is 25.6 Å². The minimum absolute atomic E-state index is 0.0487. The number of methoxy groups -OCH3 is 4. The van der Waals surface area contributed by atoms with Crippen molar-refractivity contribution in [1.82, 2.24) is 0 Å². The van der Waals surface area contributed by atoms with E-state index >= 15 is 0 Å². The molecule has 2 aromatic rings. The van der Waals surface area contributed by atoms with E-state index in [1.165, 1.54) is 0 Å². The summed E-state index contributed by atoms with van der Waals surface area (Å²) in [5.41, 5.74) is 1.92. The molecule has 29 heavy (non-hydrogen) atoms. The number of rotatable bonds is 5. The van der Waals surface area contributed by atoms with E-state index in [0.717, 1.165) is 11.1 Å². The molecular formula is C22H26O7. The van der Waals surface area contributed by atoms with Crippen molar-refractivity contribution in [2.24, 2.45) is 5.92 Å². The molecule has 4 rings (SSSR count). The predicted molar refractivity (Wildman–Crippen MR) is 106 cm³/mol.